The van der Waals surface area contributed by atoms with E-state index < -0.39 is 0 Å². The van der Waals surface area contributed by atoms with Crippen LogP contribution < -0.4 is 5.32 Å². The number of halogens is 1. The highest BCUT2D eigenvalue weighted by Crippen LogP contribution is 2.42. The van der Waals surface area contributed by atoms with Gasteiger partial charge in [-0.25, -0.2) is 4.39 Å². The van der Waals surface area contributed by atoms with E-state index in [2.05, 4.69) is 12.2 Å². The van der Waals surface area contributed by atoms with Gasteiger partial charge in [0.25, 0.3) is 0 Å². The maximum Gasteiger partial charge on any atom is 0.126 e. The van der Waals surface area contributed by atoms with E-state index in [1.807, 2.05) is 19.2 Å². The molecule has 0 bridgehead atoms. The number of hydrogen-bond donors (Lipinski definition) is 1. The van der Waals surface area contributed by atoms with Crippen molar-refractivity contribution in [1.29, 1.82) is 0 Å². The van der Waals surface area contributed by atoms with Gasteiger partial charge in [0.2, 0.25) is 0 Å². The van der Waals surface area contributed by atoms with Crippen LogP contribution in [0.1, 0.15) is 50.5 Å². The van der Waals surface area contributed by atoms with Crippen molar-refractivity contribution < 1.29 is 4.39 Å². The van der Waals surface area contributed by atoms with Gasteiger partial charge in [-0.1, -0.05) is 44.4 Å². The molecule has 3 atom stereocenters. The van der Waals surface area contributed by atoms with Crippen molar-refractivity contribution in [2.45, 2.75) is 44.9 Å². The SMILES string of the molecule is CCCC1CCC(CNC)C(c2ccccc2F)C1. The third kappa shape index (κ3) is 3.56. The van der Waals surface area contributed by atoms with Crippen molar-refractivity contribution in [2.24, 2.45) is 11.8 Å². The van der Waals surface area contributed by atoms with E-state index in [0.29, 0.717) is 11.8 Å². The number of rotatable bonds is 5. The van der Waals surface area contributed by atoms with Crippen molar-refractivity contribution in [3.63, 3.8) is 0 Å². The Hall–Kier alpha value is -0.890. The van der Waals surface area contributed by atoms with Crippen molar-refractivity contribution in [1.82, 2.24) is 5.32 Å². The van der Waals surface area contributed by atoms with Crippen LogP contribution in [0.25, 0.3) is 0 Å². The van der Waals surface area contributed by atoms with Gasteiger partial charge in [-0.2, -0.15) is 0 Å². The molecule has 0 radical (unpaired) electrons. The molecule has 2 heteroatoms. The largest absolute Gasteiger partial charge is 0.319 e. The average Bonchev–Trinajstić information content (AvgIpc) is 2.42. The van der Waals surface area contributed by atoms with Crippen LogP contribution in [0.5, 0.6) is 0 Å². The Morgan fingerprint density at radius 3 is 2.74 bits per heavy atom. The Labute approximate surface area is 116 Å². The van der Waals surface area contributed by atoms with Gasteiger partial charge in [0.1, 0.15) is 5.82 Å². The van der Waals surface area contributed by atoms with E-state index in [9.17, 15) is 4.39 Å². The van der Waals surface area contributed by atoms with Crippen molar-refractivity contribution >= 4 is 0 Å². The molecule has 1 aromatic carbocycles. The van der Waals surface area contributed by atoms with Crippen LogP contribution >= 0.6 is 0 Å². The van der Waals surface area contributed by atoms with Crippen LogP contribution in [0, 0.1) is 17.7 Å². The Bertz CT molecular complexity index is 391. The lowest BCUT2D eigenvalue weighted by Crippen LogP contribution is -2.31. The lowest BCUT2D eigenvalue weighted by molar-refractivity contribution is 0.219. The maximum atomic E-state index is 14.1. The molecular weight excluding hydrogens is 237 g/mol. The zero-order valence-electron chi connectivity index (χ0n) is 12.2. The van der Waals surface area contributed by atoms with Crippen LogP contribution in [-0.2, 0) is 0 Å². The van der Waals surface area contributed by atoms with E-state index >= 15 is 0 Å². The monoisotopic (exact) mass is 263 g/mol. The van der Waals surface area contributed by atoms with Gasteiger partial charge in [-0.05, 0) is 55.8 Å². The van der Waals surface area contributed by atoms with Crippen molar-refractivity contribution in [2.75, 3.05) is 13.6 Å². The highest BCUT2D eigenvalue weighted by Gasteiger charge is 2.32. The topological polar surface area (TPSA) is 12.0 Å². The van der Waals surface area contributed by atoms with Crippen molar-refractivity contribution in [3.8, 4) is 0 Å². The van der Waals surface area contributed by atoms with Gasteiger partial charge < -0.3 is 5.32 Å². The smallest absolute Gasteiger partial charge is 0.126 e. The van der Waals surface area contributed by atoms with E-state index in [1.165, 1.54) is 25.7 Å². The molecule has 0 aromatic heterocycles. The van der Waals surface area contributed by atoms with Gasteiger partial charge in [0.05, 0.1) is 0 Å². The Morgan fingerprint density at radius 1 is 1.26 bits per heavy atom. The molecule has 0 heterocycles. The fourth-order valence-electron chi connectivity index (χ4n) is 3.65. The standard InChI is InChI=1S/C17H26FN/c1-3-6-13-9-10-14(12-19-2)16(11-13)15-7-4-5-8-17(15)18/h4-5,7-8,13-14,16,19H,3,6,9-12H2,1-2H3. The summed E-state index contributed by atoms with van der Waals surface area (Å²) in [4.78, 5) is 0. The molecule has 1 saturated carbocycles. The molecule has 3 unspecified atom stereocenters. The first kappa shape index (κ1) is 14.5. The molecule has 1 aliphatic carbocycles. The fourth-order valence-corrected chi connectivity index (χ4v) is 3.65. The maximum absolute atomic E-state index is 14.1. The van der Waals surface area contributed by atoms with Crippen LogP contribution in [0.4, 0.5) is 4.39 Å². The van der Waals surface area contributed by atoms with Crippen LogP contribution in [0.3, 0.4) is 0 Å². The zero-order chi connectivity index (χ0) is 13.7. The minimum atomic E-state index is -0.0225. The third-order valence-corrected chi connectivity index (χ3v) is 4.57. The molecule has 19 heavy (non-hydrogen) atoms. The molecule has 0 aliphatic heterocycles. The fraction of sp³-hybridized carbons (Fsp3) is 0.647. The predicted molar refractivity (Wildman–Crippen MR) is 78.8 cm³/mol. The number of nitrogens with one attached hydrogen (secondary N) is 1. The summed E-state index contributed by atoms with van der Waals surface area (Å²) >= 11 is 0. The average molecular weight is 263 g/mol. The summed E-state index contributed by atoms with van der Waals surface area (Å²) in [6, 6.07) is 7.35. The van der Waals surface area contributed by atoms with Gasteiger partial charge in [0, 0.05) is 0 Å². The summed E-state index contributed by atoms with van der Waals surface area (Å²) in [5.74, 6) is 1.72. The van der Waals surface area contributed by atoms with Crippen LogP contribution in [0.15, 0.2) is 24.3 Å². The molecular formula is C17H26FN. The molecule has 106 valence electrons. The molecule has 1 aromatic rings. The second-order valence-electron chi connectivity index (χ2n) is 5.91. The molecule has 1 N–H and O–H groups in total. The van der Waals surface area contributed by atoms with E-state index in [0.717, 1.165) is 24.4 Å². The summed E-state index contributed by atoms with van der Waals surface area (Å²) in [6.07, 6.45) is 6.22. The lowest BCUT2D eigenvalue weighted by Gasteiger charge is -2.36. The first-order valence-corrected chi connectivity index (χ1v) is 7.65. The molecule has 1 nitrogen and oxygen atoms in total. The highest BCUT2D eigenvalue weighted by atomic mass is 19.1. The van der Waals surface area contributed by atoms with E-state index in [-0.39, 0.29) is 5.82 Å². The molecule has 1 aliphatic rings. The molecule has 1 fully saturated rings. The minimum absolute atomic E-state index is 0.0225. The molecule has 2 rings (SSSR count). The van der Waals surface area contributed by atoms with Gasteiger partial charge in [-0.3, -0.25) is 0 Å². The summed E-state index contributed by atoms with van der Waals surface area (Å²) in [6.45, 7) is 3.25. The van der Waals surface area contributed by atoms with Gasteiger partial charge in [0.15, 0.2) is 0 Å². The summed E-state index contributed by atoms with van der Waals surface area (Å²) in [7, 11) is 2.00. The molecule has 0 spiro atoms. The third-order valence-electron chi connectivity index (χ3n) is 4.57. The second kappa shape index (κ2) is 7.04. The van der Waals surface area contributed by atoms with E-state index in [1.54, 1.807) is 12.1 Å². The van der Waals surface area contributed by atoms with Gasteiger partial charge >= 0.3 is 0 Å². The zero-order valence-corrected chi connectivity index (χ0v) is 12.2. The first-order valence-electron chi connectivity index (χ1n) is 7.65. The molecule has 0 saturated heterocycles. The summed E-state index contributed by atoms with van der Waals surface area (Å²) in [5, 5.41) is 3.28. The Balaban J connectivity index is 2.18. The van der Waals surface area contributed by atoms with Crippen LogP contribution in [0.2, 0.25) is 0 Å². The first-order chi connectivity index (χ1) is 9.26. The van der Waals surface area contributed by atoms with Crippen LogP contribution in [-0.4, -0.2) is 13.6 Å². The minimum Gasteiger partial charge on any atom is -0.319 e. The summed E-state index contributed by atoms with van der Waals surface area (Å²) in [5.41, 5.74) is 0.934. The normalized spacial score (nSPS) is 27.4. The van der Waals surface area contributed by atoms with Gasteiger partial charge in [-0.15, -0.1) is 0 Å². The lowest BCUT2D eigenvalue weighted by atomic mass is 9.70. The quantitative estimate of drug-likeness (QED) is 0.833. The number of benzene rings is 1. The summed E-state index contributed by atoms with van der Waals surface area (Å²) < 4.78 is 14.1. The van der Waals surface area contributed by atoms with E-state index in [4.69, 9.17) is 0 Å². The molecule has 0 amide bonds. The predicted octanol–water partition coefficient (Wildman–Crippen LogP) is 4.35. The van der Waals surface area contributed by atoms with Crippen molar-refractivity contribution in [3.05, 3.63) is 35.6 Å². The Kier molecular flexibility index (Phi) is 5.38. The Morgan fingerprint density at radius 2 is 2.05 bits per heavy atom. The highest BCUT2D eigenvalue weighted by molar-refractivity contribution is 5.23. The second-order valence-corrected chi connectivity index (χ2v) is 5.91. The number of hydrogen-bond acceptors (Lipinski definition) is 1.